The molecule has 3 saturated carbocycles. The molecule has 1 aromatic heterocycles. The second-order valence-electron chi connectivity index (χ2n) is 14.2. The van der Waals surface area contributed by atoms with E-state index in [1.165, 1.54) is 17.4 Å². The van der Waals surface area contributed by atoms with E-state index in [1.807, 2.05) is 39.8 Å². The van der Waals surface area contributed by atoms with Crippen molar-refractivity contribution in [2.75, 3.05) is 13.1 Å². The molecule has 2 bridgehead atoms. The maximum absolute atomic E-state index is 13.4. The highest BCUT2D eigenvalue weighted by atomic mass is 16.7. The summed E-state index contributed by atoms with van der Waals surface area (Å²) in [6.07, 6.45) is 5.03. The molecule has 0 N–H and O–H groups in total. The summed E-state index contributed by atoms with van der Waals surface area (Å²) in [5.74, 6) is 1.19. The average molecular weight is 580 g/mol. The number of aryl methyl sites for hydroxylation is 1. The van der Waals surface area contributed by atoms with Crippen molar-refractivity contribution in [3.8, 4) is 5.75 Å². The Morgan fingerprint density at radius 2 is 1.93 bits per heavy atom. The summed E-state index contributed by atoms with van der Waals surface area (Å²) in [4.78, 5) is 27.6. The molecule has 0 unspecified atom stereocenters. The molecular formula is C30H42BN5O6. The molecule has 12 heteroatoms. The molecule has 2 aromatic rings. The highest BCUT2D eigenvalue weighted by Gasteiger charge is 2.67. The number of hydrogen-bond donors (Lipinski definition) is 0. The number of amides is 1. The van der Waals surface area contributed by atoms with Gasteiger partial charge in [0.1, 0.15) is 35.9 Å². The number of carbonyl (C=O) groups is 2. The Morgan fingerprint density at radius 3 is 2.60 bits per heavy atom. The lowest BCUT2D eigenvalue weighted by Gasteiger charge is -2.64. The van der Waals surface area contributed by atoms with Crippen molar-refractivity contribution in [3.63, 3.8) is 0 Å². The van der Waals surface area contributed by atoms with Crippen molar-refractivity contribution in [1.82, 2.24) is 25.1 Å². The number of nitrogens with zero attached hydrogens (tertiary/aromatic N) is 5. The molecule has 1 aromatic carbocycles. The topological polar surface area (TPSA) is 118 Å². The van der Waals surface area contributed by atoms with Gasteiger partial charge in [-0.3, -0.25) is 4.79 Å². The van der Waals surface area contributed by atoms with Gasteiger partial charge in [-0.15, -0.1) is 5.10 Å². The highest BCUT2D eigenvalue weighted by molar-refractivity contribution is 6.45. The first kappa shape index (κ1) is 29.1. The van der Waals surface area contributed by atoms with E-state index in [4.69, 9.17) is 18.8 Å². The number of hydrogen-bond acceptors (Lipinski definition) is 9. The molecular weight excluding hydrogens is 537 g/mol. The number of esters is 1. The van der Waals surface area contributed by atoms with Crippen LogP contribution in [0.1, 0.15) is 75.9 Å². The number of tetrazole rings is 1. The zero-order valence-corrected chi connectivity index (χ0v) is 25.8. The lowest BCUT2D eigenvalue weighted by atomic mass is 9.43. The van der Waals surface area contributed by atoms with Crippen LogP contribution in [0.4, 0.5) is 0 Å². The Labute approximate surface area is 247 Å². The fourth-order valence-electron chi connectivity index (χ4n) is 7.42. The van der Waals surface area contributed by atoms with Crippen molar-refractivity contribution >= 4 is 19.0 Å². The van der Waals surface area contributed by atoms with E-state index < -0.39 is 11.6 Å². The van der Waals surface area contributed by atoms with Crippen molar-refractivity contribution < 1.29 is 28.4 Å². The Kier molecular flexibility index (Phi) is 7.16. The van der Waals surface area contributed by atoms with Gasteiger partial charge in [-0.2, -0.15) is 0 Å². The van der Waals surface area contributed by atoms with Crippen LogP contribution in [-0.2, 0) is 31.8 Å². The molecule has 2 aliphatic heterocycles. The van der Waals surface area contributed by atoms with Crippen LogP contribution in [0.5, 0.6) is 5.75 Å². The van der Waals surface area contributed by atoms with E-state index >= 15 is 0 Å². The van der Waals surface area contributed by atoms with Crippen LogP contribution in [0.3, 0.4) is 0 Å². The van der Waals surface area contributed by atoms with Gasteiger partial charge in [0.25, 0.3) is 0 Å². The van der Waals surface area contributed by atoms with Crippen LogP contribution in [0.25, 0.3) is 0 Å². The van der Waals surface area contributed by atoms with Crippen molar-refractivity contribution in [3.05, 3.63) is 35.2 Å². The molecule has 2 saturated heterocycles. The molecule has 0 radical (unpaired) electrons. The second-order valence-corrected chi connectivity index (χ2v) is 14.2. The van der Waals surface area contributed by atoms with Crippen LogP contribution >= 0.6 is 0 Å². The lowest BCUT2D eigenvalue weighted by Crippen LogP contribution is -2.65. The first-order valence-electron chi connectivity index (χ1n) is 15.1. The van der Waals surface area contributed by atoms with Gasteiger partial charge in [-0.25, -0.2) is 9.48 Å². The van der Waals surface area contributed by atoms with Crippen LogP contribution < -0.4 is 4.74 Å². The van der Waals surface area contributed by atoms with Crippen molar-refractivity contribution in [2.45, 2.75) is 104 Å². The monoisotopic (exact) mass is 579 g/mol. The van der Waals surface area contributed by atoms with Gasteiger partial charge in [-0.1, -0.05) is 19.9 Å². The third-order valence-electron chi connectivity index (χ3n) is 9.98. The first-order chi connectivity index (χ1) is 19.7. The van der Waals surface area contributed by atoms with E-state index in [1.54, 1.807) is 4.90 Å². The standard InChI is InChI=1S/C30H42BN5O6/c1-18-19(10-11-31-41-24-13-20-12-23(29(20,5)6)30(24,7)42-31)8-9-22(26(18)27(38)40-28(2,3)4)39-21-14-35(15-21)25(37)16-36-17-32-33-34-36/h8-9,17,20-21,23-24H,10-16H2,1-7H3/t20-,23-,24+,30-/m0/s1. The Morgan fingerprint density at radius 1 is 1.17 bits per heavy atom. The quantitative estimate of drug-likeness (QED) is 0.342. The number of likely N-dealkylation sites (tertiary alicyclic amines) is 1. The third-order valence-corrected chi connectivity index (χ3v) is 9.98. The molecule has 42 heavy (non-hydrogen) atoms. The summed E-state index contributed by atoms with van der Waals surface area (Å²) in [5.41, 5.74) is 1.71. The minimum atomic E-state index is -0.654. The predicted octanol–water partition coefficient (Wildman–Crippen LogP) is 3.50. The smallest absolute Gasteiger partial charge is 0.457 e. The second kappa shape index (κ2) is 10.3. The summed E-state index contributed by atoms with van der Waals surface area (Å²) in [7, 11) is -0.262. The minimum Gasteiger partial charge on any atom is -0.486 e. The van der Waals surface area contributed by atoms with Gasteiger partial charge >= 0.3 is 13.1 Å². The van der Waals surface area contributed by atoms with E-state index in [2.05, 4.69) is 36.3 Å². The zero-order valence-electron chi connectivity index (χ0n) is 25.8. The molecule has 5 aliphatic rings. The van der Waals surface area contributed by atoms with Crippen LogP contribution in [0.2, 0.25) is 6.32 Å². The normalized spacial score (nSPS) is 28.1. The maximum atomic E-state index is 13.4. The number of benzene rings is 1. The molecule has 11 nitrogen and oxygen atoms in total. The number of ether oxygens (including phenoxy) is 2. The SMILES string of the molecule is Cc1c(CCB2O[C@@H]3C[C@@H]4C[C@@H](C4(C)C)[C@]3(C)O2)ccc(OC2CN(C(=O)Cn3cnnn3)C2)c1C(=O)OC(C)(C)C. The molecule has 0 spiro atoms. The Balaban J connectivity index is 1.12. The van der Waals surface area contributed by atoms with Gasteiger partial charge in [0, 0.05) is 0 Å². The summed E-state index contributed by atoms with van der Waals surface area (Å²) in [5, 5.41) is 10.9. The lowest BCUT2D eigenvalue weighted by molar-refractivity contribution is -0.199. The average Bonchev–Trinajstić information content (AvgIpc) is 3.50. The van der Waals surface area contributed by atoms with E-state index in [0.717, 1.165) is 17.5 Å². The summed E-state index contributed by atoms with van der Waals surface area (Å²) >= 11 is 0. The number of carbonyl (C=O) groups excluding carboxylic acids is 2. The fraction of sp³-hybridized carbons (Fsp3) is 0.700. The molecule has 5 fully saturated rings. The molecule has 3 aliphatic carbocycles. The molecule has 7 rings (SSSR count). The van der Waals surface area contributed by atoms with Gasteiger partial charge in [0.2, 0.25) is 5.91 Å². The molecule has 1 amide bonds. The fourth-order valence-corrected chi connectivity index (χ4v) is 7.42. The van der Waals surface area contributed by atoms with Gasteiger partial charge < -0.3 is 23.7 Å². The number of aromatic nitrogens is 4. The van der Waals surface area contributed by atoms with E-state index in [0.29, 0.717) is 54.4 Å². The van der Waals surface area contributed by atoms with E-state index in [-0.39, 0.29) is 37.4 Å². The first-order valence-corrected chi connectivity index (χ1v) is 15.1. The van der Waals surface area contributed by atoms with Crippen LogP contribution in [0.15, 0.2) is 18.5 Å². The molecule has 226 valence electrons. The summed E-state index contributed by atoms with van der Waals surface area (Å²) in [6, 6.07) is 3.86. The highest BCUT2D eigenvalue weighted by Crippen LogP contribution is 2.65. The third kappa shape index (κ3) is 5.21. The Bertz CT molecular complexity index is 1350. The molecule has 3 heterocycles. The van der Waals surface area contributed by atoms with Crippen molar-refractivity contribution in [1.29, 1.82) is 0 Å². The number of rotatable bonds is 8. The zero-order chi connectivity index (χ0) is 30.0. The largest absolute Gasteiger partial charge is 0.486 e. The van der Waals surface area contributed by atoms with Gasteiger partial charge in [0.05, 0.1) is 24.8 Å². The minimum absolute atomic E-state index is 0.0734. The maximum Gasteiger partial charge on any atom is 0.457 e. The predicted molar refractivity (Wildman–Crippen MR) is 154 cm³/mol. The summed E-state index contributed by atoms with van der Waals surface area (Å²) < 4.78 is 26.5. The van der Waals surface area contributed by atoms with Crippen LogP contribution in [-0.4, -0.2) is 80.6 Å². The molecule has 4 atom stereocenters. The summed E-state index contributed by atoms with van der Waals surface area (Å²) in [6.45, 7) is 15.4. The van der Waals surface area contributed by atoms with Crippen molar-refractivity contribution in [2.24, 2.45) is 17.3 Å². The van der Waals surface area contributed by atoms with E-state index in [9.17, 15) is 9.59 Å². The van der Waals surface area contributed by atoms with Crippen LogP contribution in [0, 0.1) is 24.2 Å². The van der Waals surface area contributed by atoms with Gasteiger partial charge in [-0.05, 0) is 105 Å². The van der Waals surface area contributed by atoms with Gasteiger partial charge in [0.15, 0.2) is 0 Å². The Hall–Kier alpha value is -2.99.